The molecule has 3 aliphatic rings. The smallest absolute Gasteiger partial charge is 0.292 e. The maximum atomic E-state index is 12.9. The van der Waals surface area contributed by atoms with Gasteiger partial charge in [-0.1, -0.05) is 39.0 Å². The first kappa shape index (κ1) is 20.5. The van der Waals surface area contributed by atoms with Crippen LogP contribution in [0.25, 0.3) is 6.08 Å². The second-order valence-electron chi connectivity index (χ2n) is 10.3. The van der Waals surface area contributed by atoms with Gasteiger partial charge >= 0.3 is 0 Å². The molecule has 29 heavy (non-hydrogen) atoms. The molecule has 4 heteroatoms. The van der Waals surface area contributed by atoms with E-state index in [-0.39, 0.29) is 33.9 Å². The third-order valence-electron chi connectivity index (χ3n) is 8.30. The summed E-state index contributed by atoms with van der Waals surface area (Å²) in [5.74, 6) is 1.57. The molecule has 0 bridgehead atoms. The molecule has 0 spiro atoms. The molecule has 1 aromatic heterocycles. The van der Waals surface area contributed by atoms with Gasteiger partial charge in [-0.05, 0) is 68.8 Å². The lowest BCUT2D eigenvalue weighted by molar-refractivity contribution is -0.195. The van der Waals surface area contributed by atoms with Gasteiger partial charge in [-0.15, -0.1) is 0 Å². The minimum absolute atomic E-state index is 0.00532. The Hall–Kier alpha value is -1.81. The van der Waals surface area contributed by atoms with E-state index in [0.717, 1.165) is 25.7 Å². The Kier molecular flexibility index (Phi) is 4.85. The van der Waals surface area contributed by atoms with Gasteiger partial charge in [0.2, 0.25) is 0 Å². The van der Waals surface area contributed by atoms with Crippen LogP contribution < -0.4 is 10.2 Å². The third-order valence-corrected chi connectivity index (χ3v) is 8.30. The van der Waals surface area contributed by atoms with Crippen molar-refractivity contribution in [3.8, 4) is 5.95 Å². The molecule has 1 aromatic rings. The molecule has 0 saturated heterocycles. The Balaban J connectivity index is 1.74. The van der Waals surface area contributed by atoms with Crippen LogP contribution in [0.3, 0.4) is 0 Å². The van der Waals surface area contributed by atoms with Crippen LogP contribution in [0, 0.1) is 22.7 Å². The SMILES string of the molecule is C/C=C/C=C/c1cc(=O)c2c(o1)O[C@]1(C)CC[C@@H]3C(C)(C)C(O)CC[C@]3(C)[C@H]1C2. The number of rotatable bonds is 2. The first-order valence-corrected chi connectivity index (χ1v) is 11.0. The summed E-state index contributed by atoms with van der Waals surface area (Å²) in [4.78, 5) is 12.9. The van der Waals surface area contributed by atoms with E-state index in [1.807, 2.05) is 25.2 Å². The first-order chi connectivity index (χ1) is 13.6. The normalized spacial score (nSPS) is 38.3. The van der Waals surface area contributed by atoms with E-state index >= 15 is 0 Å². The number of hydrogen-bond acceptors (Lipinski definition) is 4. The van der Waals surface area contributed by atoms with Crippen molar-refractivity contribution >= 4 is 6.08 Å². The fourth-order valence-corrected chi connectivity index (χ4v) is 6.61. The fraction of sp³-hybridized carbons (Fsp3) is 0.640. The Morgan fingerprint density at radius 2 is 1.86 bits per heavy atom. The van der Waals surface area contributed by atoms with Crippen molar-refractivity contribution in [1.29, 1.82) is 0 Å². The second kappa shape index (κ2) is 6.87. The lowest BCUT2D eigenvalue weighted by Gasteiger charge is -2.63. The molecule has 2 heterocycles. The van der Waals surface area contributed by atoms with Crippen molar-refractivity contribution in [2.75, 3.05) is 0 Å². The number of hydrogen-bond donors (Lipinski definition) is 1. The minimum Gasteiger partial charge on any atom is -0.458 e. The topological polar surface area (TPSA) is 59.7 Å². The average Bonchev–Trinajstić information content (AvgIpc) is 2.64. The Labute approximate surface area is 173 Å². The van der Waals surface area contributed by atoms with Crippen LogP contribution >= 0.6 is 0 Å². The van der Waals surface area contributed by atoms with Gasteiger partial charge in [0.05, 0.1) is 11.7 Å². The molecular weight excluding hydrogens is 364 g/mol. The molecule has 1 aliphatic heterocycles. The zero-order valence-corrected chi connectivity index (χ0v) is 18.3. The van der Waals surface area contributed by atoms with Crippen molar-refractivity contribution < 1.29 is 14.3 Å². The zero-order chi connectivity index (χ0) is 21.0. The summed E-state index contributed by atoms with van der Waals surface area (Å²) in [5, 5.41) is 10.7. The van der Waals surface area contributed by atoms with Gasteiger partial charge in [-0.25, -0.2) is 0 Å². The highest BCUT2D eigenvalue weighted by atomic mass is 16.6. The van der Waals surface area contributed by atoms with Crippen molar-refractivity contribution in [3.05, 3.63) is 45.8 Å². The summed E-state index contributed by atoms with van der Waals surface area (Å²) in [7, 11) is 0. The molecule has 2 aliphatic carbocycles. The molecule has 5 atom stereocenters. The predicted octanol–water partition coefficient (Wildman–Crippen LogP) is 5.14. The fourth-order valence-electron chi connectivity index (χ4n) is 6.61. The zero-order valence-electron chi connectivity index (χ0n) is 18.3. The van der Waals surface area contributed by atoms with E-state index in [0.29, 0.717) is 29.6 Å². The lowest BCUT2D eigenvalue weighted by atomic mass is 9.44. The minimum atomic E-state index is -0.349. The van der Waals surface area contributed by atoms with Crippen molar-refractivity contribution in [2.45, 2.75) is 78.4 Å². The van der Waals surface area contributed by atoms with Crippen LogP contribution in [0.4, 0.5) is 0 Å². The van der Waals surface area contributed by atoms with Gasteiger partial charge in [0, 0.05) is 12.0 Å². The number of ether oxygens (including phenoxy) is 1. The van der Waals surface area contributed by atoms with Crippen LogP contribution in [-0.2, 0) is 6.42 Å². The molecule has 1 unspecified atom stereocenters. The maximum absolute atomic E-state index is 12.9. The van der Waals surface area contributed by atoms with E-state index < -0.39 is 0 Å². The van der Waals surface area contributed by atoms with Gasteiger partial charge in [0.25, 0.3) is 5.95 Å². The van der Waals surface area contributed by atoms with Crippen molar-refractivity contribution in [2.24, 2.45) is 22.7 Å². The van der Waals surface area contributed by atoms with Crippen molar-refractivity contribution in [3.63, 3.8) is 0 Å². The van der Waals surface area contributed by atoms with Crippen LogP contribution in [0.15, 0.2) is 33.5 Å². The van der Waals surface area contributed by atoms with E-state index in [1.165, 1.54) is 0 Å². The van der Waals surface area contributed by atoms with E-state index in [2.05, 4.69) is 27.7 Å². The molecule has 1 N–H and O–H groups in total. The van der Waals surface area contributed by atoms with Crippen LogP contribution in [0.2, 0.25) is 0 Å². The summed E-state index contributed by atoms with van der Waals surface area (Å²) < 4.78 is 12.5. The molecule has 0 aromatic carbocycles. The van der Waals surface area contributed by atoms with Gasteiger partial charge in [0.1, 0.15) is 11.4 Å². The molecule has 0 amide bonds. The molecule has 4 nitrogen and oxygen atoms in total. The molecule has 2 saturated carbocycles. The lowest BCUT2D eigenvalue weighted by Crippen LogP contribution is -2.63. The monoisotopic (exact) mass is 398 g/mol. The van der Waals surface area contributed by atoms with Crippen molar-refractivity contribution in [1.82, 2.24) is 0 Å². The van der Waals surface area contributed by atoms with E-state index in [9.17, 15) is 9.90 Å². The Morgan fingerprint density at radius 3 is 2.59 bits per heavy atom. The second-order valence-corrected chi connectivity index (χ2v) is 10.3. The third kappa shape index (κ3) is 3.11. The maximum Gasteiger partial charge on any atom is 0.292 e. The van der Waals surface area contributed by atoms with E-state index in [4.69, 9.17) is 9.15 Å². The van der Waals surface area contributed by atoms with Gasteiger partial charge < -0.3 is 14.3 Å². The number of aliphatic hydroxyl groups excluding tert-OH is 1. The summed E-state index contributed by atoms with van der Waals surface area (Å²) in [6.45, 7) is 10.9. The van der Waals surface area contributed by atoms with Crippen LogP contribution in [-0.4, -0.2) is 16.8 Å². The van der Waals surface area contributed by atoms with Gasteiger partial charge in [-0.3, -0.25) is 4.79 Å². The Morgan fingerprint density at radius 1 is 1.10 bits per heavy atom. The number of fused-ring (bicyclic) bond motifs is 4. The molecule has 4 rings (SSSR count). The Bertz CT molecular complexity index is 908. The van der Waals surface area contributed by atoms with Crippen LogP contribution in [0.5, 0.6) is 5.95 Å². The summed E-state index contributed by atoms with van der Waals surface area (Å²) in [5.41, 5.74) is 0.222. The predicted molar refractivity (Wildman–Crippen MR) is 115 cm³/mol. The largest absolute Gasteiger partial charge is 0.458 e. The van der Waals surface area contributed by atoms with E-state index in [1.54, 1.807) is 12.1 Å². The molecule has 2 fully saturated rings. The molecule has 0 radical (unpaired) electrons. The standard InChI is InChI=1S/C25H34O4/c1-6-7-8-9-16-14-18(26)17-15-20-24(4)12-11-21(27)23(2,3)19(24)10-13-25(20,5)29-22(17)28-16/h6-9,14,19-21,27H,10-13,15H2,1-5H3/b7-6+,9-8+/t19-,20-,21?,24+,25-/m1/s1. The highest BCUT2D eigenvalue weighted by molar-refractivity contribution is 5.47. The summed E-state index contributed by atoms with van der Waals surface area (Å²) in [6.07, 6.45) is 11.6. The summed E-state index contributed by atoms with van der Waals surface area (Å²) in [6, 6.07) is 1.57. The highest BCUT2D eigenvalue weighted by Crippen LogP contribution is 2.64. The number of aliphatic hydroxyl groups is 1. The summed E-state index contributed by atoms with van der Waals surface area (Å²) >= 11 is 0. The van der Waals surface area contributed by atoms with Gasteiger partial charge in [-0.2, -0.15) is 0 Å². The first-order valence-electron chi connectivity index (χ1n) is 11.0. The molecule has 158 valence electrons. The highest BCUT2D eigenvalue weighted by Gasteiger charge is 2.62. The van der Waals surface area contributed by atoms with Crippen LogP contribution in [0.1, 0.15) is 71.6 Å². The number of allylic oxidation sites excluding steroid dienone is 3. The quantitative estimate of drug-likeness (QED) is 0.701. The average molecular weight is 399 g/mol. The molecular formula is C25H34O4. The van der Waals surface area contributed by atoms with Gasteiger partial charge in [0.15, 0.2) is 5.43 Å².